The molecule has 2 N–H and O–H groups in total. The van der Waals surface area contributed by atoms with E-state index in [0.29, 0.717) is 16.9 Å². The number of nitrogens with one attached hydrogen (secondary N) is 1. The number of aromatic hydroxyl groups is 1. The van der Waals surface area contributed by atoms with Gasteiger partial charge < -0.3 is 15.2 Å². The van der Waals surface area contributed by atoms with Gasteiger partial charge in [0, 0.05) is 0 Å². The Bertz CT molecular complexity index is 374. The van der Waals surface area contributed by atoms with Gasteiger partial charge in [-0.3, -0.25) is 4.79 Å². The number of phenols is 1. The highest BCUT2D eigenvalue weighted by molar-refractivity contribution is 6.00. The number of rotatable bonds is 4. The Morgan fingerprint density at radius 1 is 1.53 bits per heavy atom. The topological polar surface area (TPSA) is 58.6 Å². The Balaban J connectivity index is 3.15. The van der Waals surface area contributed by atoms with E-state index in [1.807, 2.05) is 0 Å². The van der Waals surface area contributed by atoms with Crippen molar-refractivity contribution in [3.63, 3.8) is 0 Å². The standard InChI is InChI=1S/C11H15NO3/c1-7-4-11(15-3)8(5-9(7)13)10(14)6-12-2/h4-5,12-13H,6H2,1-3H3. The molecule has 1 aromatic rings. The minimum absolute atomic E-state index is 0.107. The van der Waals surface area contributed by atoms with Gasteiger partial charge in [-0.1, -0.05) is 0 Å². The average molecular weight is 209 g/mol. The van der Waals surface area contributed by atoms with Crippen LogP contribution in [-0.2, 0) is 0 Å². The number of carbonyl (C=O) groups is 1. The first-order chi connectivity index (χ1) is 7.10. The number of phenolic OH excluding ortho intramolecular Hbond substituents is 1. The first-order valence-electron chi connectivity index (χ1n) is 4.65. The lowest BCUT2D eigenvalue weighted by Crippen LogP contribution is -2.19. The van der Waals surface area contributed by atoms with Crippen LogP contribution in [0.4, 0.5) is 0 Å². The van der Waals surface area contributed by atoms with Crippen molar-refractivity contribution in [2.45, 2.75) is 6.92 Å². The number of likely N-dealkylation sites (N-methyl/N-ethyl adjacent to an activating group) is 1. The van der Waals surface area contributed by atoms with E-state index in [2.05, 4.69) is 5.32 Å². The second-order valence-electron chi connectivity index (χ2n) is 3.29. The molecule has 4 heteroatoms. The zero-order chi connectivity index (χ0) is 11.4. The Morgan fingerprint density at radius 2 is 2.20 bits per heavy atom. The maximum atomic E-state index is 11.6. The molecule has 0 unspecified atom stereocenters. The highest BCUT2D eigenvalue weighted by Crippen LogP contribution is 2.27. The number of Topliss-reactive ketones (excluding diaryl/α,β-unsaturated/α-hetero) is 1. The van der Waals surface area contributed by atoms with Gasteiger partial charge in [0.1, 0.15) is 11.5 Å². The molecule has 0 amide bonds. The summed E-state index contributed by atoms with van der Waals surface area (Å²) in [7, 11) is 3.19. The molecule has 0 saturated carbocycles. The molecule has 0 aliphatic carbocycles. The fourth-order valence-corrected chi connectivity index (χ4v) is 1.31. The van der Waals surface area contributed by atoms with Crippen LogP contribution in [0.15, 0.2) is 12.1 Å². The van der Waals surface area contributed by atoms with Gasteiger partial charge in [0.15, 0.2) is 5.78 Å². The summed E-state index contributed by atoms with van der Waals surface area (Å²) < 4.78 is 5.09. The van der Waals surface area contributed by atoms with E-state index >= 15 is 0 Å². The van der Waals surface area contributed by atoms with Crippen LogP contribution >= 0.6 is 0 Å². The van der Waals surface area contributed by atoms with Crippen LogP contribution in [0.25, 0.3) is 0 Å². The van der Waals surface area contributed by atoms with Gasteiger partial charge in [-0.05, 0) is 31.7 Å². The van der Waals surface area contributed by atoms with Gasteiger partial charge in [-0.2, -0.15) is 0 Å². The first kappa shape index (κ1) is 11.5. The Morgan fingerprint density at radius 3 is 2.73 bits per heavy atom. The van der Waals surface area contributed by atoms with E-state index in [4.69, 9.17) is 4.74 Å². The summed E-state index contributed by atoms with van der Waals surface area (Å²) in [6.07, 6.45) is 0. The van der Waals surface area contributed by atoms with Crippen molar-refractivity contribution in [3.05, 3.63) is 23.3 Å². The van der Waals surface area contributed by atoms with E-state index in [-0.39, 0.29) is 18.1 Å². The van der Waals surface area contributed by atoms with Crippen LogP contribution in [-0.4, -0.2) is 31.6 Å². The van der Waals surface area contributed by atoms with Crippen molar-refractivity contribution >= 4 is 5.78 Å². The number of ketones is 1. The van der Waals surface area contributed by atoms with E-state index in [1.165, 1.54) is 13.2 Å². The number of ether oxygens (including phenoxy) is 1. The predicted molar refractivity (Wildman–Crippen MR) is 57.7 cm³/mol. The van der Waals surface area contributed by atoms with Crippen molar-refractivity contribution < 1.29 is 14.6 Å². The molecule has 0 fully saturated rings. The molecule has 0 aliphatic rings. The third-order valence-corrected chi connectivity index (χ3v) is 2.16. The molecule has 1 aromatic carbocycles. The molecular weight excluding hydrogens is 194 g/mol. The minimum Gasteiger partial charge on any atom is -0.508 e. The molecule has 0 bridgehead atoms. The molecule has 0 saturated heterocycles. The quantitative estimate of drug-likeness (QED) is 0.729. The maximum Gasteiger partial charge on any atom is 0.180 e. The molecular formula is C11H15NO3. The van der Waals surface area contributed by atoms with Crippen LogP contribution < -0.4 is 10.1 Å². The van der Waals surface area contributed by atoms with Crippen LogP contribution in [0.1, 0.15) is 15.9 Å². The van der Waals surface area contributed by atoms with Gasteiger partial charge in [0.05, 0.1) is 19.2 Å². The summed E-state index contributed by atoms with van der Waals surface area (Å²) in [5.74, 6) is 0.491. The van der Waals surface area contributed by atoms with Gasteiger partial charge in [-0.15, -0.1) is 0 Å². The number of carbonyl (C=O) groups excluding carboxylic acids is 1. The van der Waals surface area contributed by atoms with Gasteiger partial charge >= 0.3 is 0 Å². The summed E-state index contributed by atoms with van der Waals surface area (Å²) in [6, 6.07) is 3.09. The lowest BCUT2D eigenvalue weighted by molar-refractivity contribution is 0.0990. The van der Waals surface area contributed by atoms with Crippen molar-refractivity contribution in [1.29, 1.82) is 0 Å². The zero-order valence-electron chi connectivity index (χ0n) is 9.13. The summed E-state index contributed by atoms with van der Waals surface area (Å²) in [5.41, 5.74) is 1.09. The van der Waals surface area contributed by atoms with Gasteiger partial charge in [-0.25, -0.2) is 0 Å². The molecule has 15 heavy (non-hydrogen) atoms. The third-order valence-electron chi connectivity index (χ3n) is 2.16. The van der Waals surface area contributed by atoms with Crippen molar-refractivity contribution in [1.82, 2.24) is 5.32 Å². The monoisotopic (exact) mass is 209 g/mol. The molecule has 0 radical (unpaired) electrons. The number of aryl methyl sites for hydroxylation is 1. The van der Waals surface area contributed by atoms with E-state index in [9.17, 15) is 9.90 Å². The summed E-state index contributed by atoms with van der Waals surface area (Å²) in [5, 5.41) is 12.3. The zero-order valence-corrected chi connectivity index (χ0v) is 9.13. The Labute approximate surface area is 88.9 Å². The molecule has 0 spiro atoms. The normalized spacial score (nSPS) is 10.1. The fraction of sp³-hybridized carbons (Fsp3) is 0.364. The van der Waals surface area contributed by atoms with Crippen molar-refractivity contribution in [3.8, 4) is 11.5 Å². The number of hydrogen-bond donors (Lipinski definition) is 2. The van der Waals surface area contributed by atoms with Crippen molar-refractivity contribution in [2.24, 2.45) is 0 Å². The Hall–Kier alpha value is -1.55. The van der Waals surface area contributed by atoms with Crippen molar-refractivity contribution in [2.75, 3.05) is 20.7 Å². The van der Waals surface area contributed by atoms with Crippen LogP contribution in [0, 0.1) is 6.92 Å². The summed E-state index contributed by atoms with van der Waals surface area (Å²) in [6.45, 7) is 1.98. The largest absolute Gasteiger partial charge is 0.508 e. The second kappa shape index (κ2) is 4.79. The lowest BCUT2D eigenvalue weighted by atomic mass is 10.1. The predicted octanol–water partition coefficient (Wildman–Crippen LogP) is 1.11. The number of hydrogen-bond acceptors (Lipinski definition) is 4. The second-order valence-corrected chi connectivity index (χ2v) is 3.29. The average Bonchev–Trinajstić information content (AvgIpc) is 2.21. The maximum absolute atomic E-state index is 11.6. The molecule has 0 heterocycles. The Kier molecular flexibility index (Phi) is 3.68. The molecule has 4 nitrogen and oxygen atoms in total. The molecule has 0 aliphatic heterocycles. The van der Waals surface area contributed by atoms with Crippen LogP contribution in [0.5, 0.6) is 11.5 Å². The first-order valence-corrected chi connectivity index (χ1v) is 4.65. The molecule has 82 valence electrons. The highest BCUT2D eigenvalue weighted by Gasteiger charge is 2.13. The minimum atomic E-state index is -0.107. The van der Waals surface area contributed by atoms with Gasteiger partial charge in [0.2, 0.25) is 0 Å². The third kappa shape index (κ3) is 2.47. The van der Waals surface area contributed by atoms with E-state index in [1.54, 1.807) is 20.0 Å². The van der Waals surface area contributed by atoms with Gasteiger partial charge in [0.25, 0.3) is 0 Å². The fourth-order valence-electron chi connectivity index (χ4n) is 1.31. The SMILES string of the molecule is CNCC(=O)c1cc(O)c(C)cc1OC. The molecule has 0 aromatic heterocycles. The molecule has 1 rings (SSSR count). The molecule has 0 atom stereocenters. The summed E-state index contributed by atoms with van der Waals surface area (Å²) >= 11 is 0. The van der Waals surface area contributed by atoms with E-state index in [0.717, 1.165) is 0 Å². The highest BCUT2D eigenvalue weighted by atomic mass is 16.5. The van der Waals surface area contributed by atoms with E-state index < -0.39 is 0 Å². The number of benzene rings is 1. The van der Waals surface area contributed by atoms with Crippen LogP contribution in [0.3, 0.4) is 0 Å². The smallest absolute Gasteiger partial charge is 0.180 e. The van der Waals surface area contributed by atoms with Crippen LogP contribution in [0.2, 0.25) is 0 Å². The number of methoxy groups -OCH3 is 1. The summed E-state index contributed by atoms with van der Waals surface area (Å²) in [4.78, 5) is 11.6. The lowest BCUT2D eigenvalue weighted by Gasteiger charge is -2.09.